The van der Waals surface area contributed by atoms with Gasteiger partial charge in [0.05, 0.1) is 5.02 Å². The zero-order valence-corrected chi connectivity index (χ0v) is 10.8. The fraction of sp³-hybridized carbons (Fsp3) is 0.455. The zero-order valence-electron chi connectivity index (χ0n) is 9.23. The third-order valence-electron chi connectivity index (χ3n) is 2.58. The molecule has 1 aromatic heterocycles. The molecule has 0 aromatic carbocycles. The van der Waals surface area contributed by atoms with Crippen molar-refractivity contribution in [2.75, 3.05) is 29.5 Å². The second-order valence-corrected chi connectivity index (χ2v) is 5.39. The van der Waals surface area contributed by atoms with Gasteiger partial charge in [-0.25, -0.2) is 9.78 Å². The van der Waals surface area contributed by atoms with Crippen molar-refractivity contribution in [2.45, 2.75) is 6.42 Å². The highest BCUT2D eigenvalue weighted by Gasteiger charge is 2.16. The summed E-state index contributed by atoms with van der Waals surface area (Å²) in [5.41, 5.74) is -0.0685. The number of carboxylic acids is 1. The SMILES string of the molecule is O=C(O)c1nc(N2CCCSCC2)ccc1Cl. The van der Waals surface area contributed by atoms with E-state index in [1.54, 1.807) is 12.1 Å². The number of hydrogen-bond donors (Lipinski definition) is 1. The van der Waals surface area contributed by atoms with Crippen LogP contribution in [0.2, 0.25) is 5.02 Å². The first-order chi connectivity index (χ1) is 8.18. The van der Waals surface area contributed by atoms with Crippen LogP contribution >= 0.6 is 23.4 Å². The molecule has 0 amide bonds. The Kier molecular flexibility index (Phi) is 4.12. The predicted molar refractivity (Wildman–Crippen MR) is 70.4 cm³/mol. The van der Waals surface area contributed by atoms with Gasteiger partial charge in [-0.2, -0.15) is 11.8 Å². The van der Waals surface area contributed by atoms with Crippen molar-refractivity contribution in [1.29, 1.82) is 0 Å². The van der Waals surface area contributed by atoms with Crippen LogP contribution in [0.15, 0.2) is 12.1 Å². The molecule has 6 heteroatoms. The van der Waals surface area contributed by atoms with Crippen LogP contribution in [-0.4, -0.2) is 40.7 Å². The lowest BCUT2D eigenvalue weighted by Crippen LogP contribution is -2.26. The average Bonchev–Trinajstić information content (AvgIpc) is 2.58. The minimum Gasteiger partial charge on any atom is -0.476 e. The van der Waals surface area contributed by atoms with E-state index in [2.05, 4.69) is 9.88 Å². The van der Waals surface area contributed by atoms with E-state index in [-0.39, 0.29) is 10.7 Å². The number of anilines is 1. The van der Waals surface area contributed by atoms with Crippen molar-refractivity contribution in [3.8, 4) is 0 Å². The van der Waals surface area contributed by atoms with E-state index in [1.807, 2.05) is 11.8 Å². The fourth-order valence-electron chi connectivity index (χ4n) is 1.73. The Labute approximate surface area is 109 Å². The molecule has 1 saturated heterocycles. The number of rotatable bonds is 2. The molecule has 0 unspecified atom stereocenters. The van der Waals surface area contributed by atoms with E-state index in [4.69, 9.17) is 16.7 Å². The number of pyridine rings is 1. The smallest absolute Gasteiger partial charge is 0.356 e. The van der Waals surface area contributed by atoms with Crippen LogP contribution < -0.4 is 4.90 Å². The van der Waals surface area contributed by atoms with Crippen LogP contribution in [0, 0.1) is 0 Å². The van der Waals surface area contributed by atoms with E-state index in [0.29, 0.717) is 5.82 Å². The molecule has 17 heavy (non-hydrogen) atoms. The highest BCUT2D eigenvalue weighted by Crippen LogP contribution is 2.21. The largest absolute Gasteiger partial charge is 0.476 e. The second kappa shape index (κ2) is 5.60. The summed E-state index contributed by atoms with van der Waals surface area (Å²) in [5, 5.41) is 9.16. The zero-order chi connectivity index (χ0) is 12.3. The Morgan fingerprint density at radius 3 is 3.00 bits per heavy atom. The molecule has 1 aliphatic heterocycles. The fourth-order valence-corrected chi connectivity index (χ4v) is 2.81. The highest BCUT2D eigenvalue weighted by atomic mass is 35.5. The quantitative estimate of drug-likeness (QED) is 0.896. The molecule has 0 aliphatic carbocycles. The molecule has 1 aliphatic rings. The Hall–Kier alpha value is -0.940. The topological polar surface area (TPSA) is 53.4 Å². The monoisotopic (exact) mass is 272 g/mol. The highest BCUT2D eigenvalue weighted by molar-refractivity contribution is 7.99. The molecule has 1 fully saturated rings. The number of aromatic nitrogens is 1. The van der Waals surface area contributed by atoms with Gasteiger partial charge >= 0.3 is 5.97 Å². The number of nitrogens with zero attached hydrogens (tertiary/aromatic N) is 2. The average molecular weight is 273 g/mol. The van der Waals surface area contributed by atoms with Crippen LogP contribution in [0.3, 0.4) is 0 Å². The van der Waals surface area contributed by atoms with Crippen LogP contribution in [0.25, 0.3) is 0 Å². The summed E-state index contributed by atoms with van der Waals surface area (Å²) in [6.45, 7) is 1.82. The maximum absolute atomic E-state index is 11.0. The van der Waals surface area contributed by atoms with E-state index >= 15 is 0 Å². The molecule has 0 radical (unpaired) electrons. The van der Waals surface area contributed by atoms with Gasteiger partial charge in [0.1, 0.15) is 5.82 Å². The number of carbonyl (C=O) groups is 1. The lowest BCUT2D eigenvalue weighted by atomic mass is 10.3. The van der Waals surface area contributed by atoms with Crippen molar-refractivity contribution >= 4 is 35.1 Å². The van der Waals surface area contributed by atoms with Crippen molar-refractivity contribution in [2.24, 2.45) is 0 Å². The number of aromatic carboxylic acids is 1. The van der Waals surface area contributed by atoms with Gasteiger partial charge in [-0.05, 0) is 24.3 Å². The maximum Gasteiger partial charge on any atom is 0.356 e. The van der Waals surface area contributed by atoms with Gasteiger partial charge in [-0.3, -0.25) is 0 Å². The summed E-state index contributed by atoms with van der Waals surface area (Å²) in [6.07, 6.45) is 1.09. The third-order valence-corrected chi connectivity index (χ3v) is 3.93. The van der Waals surface area contributed by atoms with Crippen LogP contribution in [-0.2, 0) is 0 Å². The Morgan fingerprint density at radius 2 is 2.24 bits per heavy atom. The summed E-state index contributed by atoms with van der Waals surface area (Å²) >= 11 is 7.71. The first-order valence-corrected chi connectivity index (χ1v) is 6.94. The molecule has 2 heterocycles. The maximum atomic E-state index is 11.0. The molecule has 92 valence electrons. The molecular weight excluding hydrogens is 260 g/mol. The molecule has 2 rings (SSSR count). The van der Waals surface area contributed by atoms with Gasteiger partial charge in [0, 0.05) is 18.8 Å². The van der Waals surface area contributed by atoms with Crippen LogP contribution in [0.1, 0.15) is 16.9 Å². The summed E-state index contributed by atoms with van der Waals surface area (Å²) in [5.74, 6) is 1.82. The first-order valence-electron chi connectivity index (χ1n) is 5.41. The molecule has 0 saturated carbocycles. The van der Waals surface area contributed by atoms with E-state index in [0.717, 1.165) is 31.0 Å². The molecule has 0 atom stereocenters. The second-order valence-electron chi connectivity index (χ2n) is 3.76. The van der Waals surface area contributed by atoms with Crippen molar-refractivity contribution in [3.63, 3.8) is 0 Å². The van der Waals surface area contributed by atoms with Gasteiger partial charge in [-0.1, -0.05) is 11.6 Å². The summed E-state index contributed by atoms with van der Waals surface area (Å²) in [4.78, 5) is 17.2. The van der Waals surface area contributed by atoms with Crippen molar-refractivity contribution < 1.29 is 9.90 Å². The minimum atomic E-state index is -1.08. The lowest BCUT2D eigenvalue weighted by Gasteiger charge is -2.21. The normalized spacial score (nSPS) is 16.6. The molecule has 1 aromatic rings. The third kappa shape index (κ3) is 3.04. The van der Waals surface area contributed by atoms with E-state index < -0.39 is 5.97 Å². The summed E-state index contributed by atoms with van der Waals surface area (Å²) in [7, 11) is 0. The lowest BCUT2D eigenvalue weighted by molar-refractivity contribution is 0.0691. The molecule has 1 N–H and O–H groups in total. The number of thioether (sulfide) groups is 1. The molecule has 0 bridgehead atoms. The Balaban J connectivity index is 2.25. The standard InChI is InChI=1S/C11H13ClN2O2S/c12-8-2-3-9(13-10(8)11(15)16)14-4-1-6-17-7-5-14/h2-3H,1,4-7H2,(H,15,16). The van der Waals surface area contributed by atoms with Crippen molar-refractivity contribution in [1.82, 2.24) is 4.98 Å². The minimum absolute atomic E-state index is 0.0685. The van der Waals surface area contributed by atoms with Gasteiger partial charge in [-0.15, -0.1) is 0 Å². The predicted octanol–water partition coefficient (Wildman–Crippen LogP) is 2.38. The summed E-state index contributed by atoms with van der Waals surface area (Å²) in [6, 6.07) is 3.39. The van der Waals surface area contributed by atoms with E-state index in [9.17, 15) is 4.79 Å². The van der Waals surface area contributed by atoms with Gasteiger partial charge in [0.15, 0.2) is 5.69 Å². The Morgan fingerprint density at radius 1 is 1.41 bits per heavy atom. The molecular formula is C11H13ClN2O2S. The van der Waals surface area contributed by atoms with Crippen LogP contribution in [0.4, 0.5) is 5.82 Å². The van der Waals surface area contributed by atoms with Gasteiger partial charge in [0.25, 0.3) is 0 Å². The van der Waals surface area contributed by atoms with Crippen LogP contribution in [0.5, 0.6) is 0 Å². The number of halogens is 1. The van der Waals surface area contributed by atoms with Crippen molar-refractivity contribution in [3.05, 3.63) is 22.8 Å². The molecule has 0 spiro atoms. The summed E-state index contributed by atoms with van der Waals surface area (Å²) < 4.78 is 0. The van der Waals surface area contributed by atoms with Gasteiger partial charge < -0.3 is 10.0 Å². The van der Waals surface area contributed by atoms with Gasteiger partial charge in [0.2, 0.25) is 0 Å². The Bertz CT molecular complexity index is 420. The number of carboxylic acid groups (broad SMARTS) is 1. The molecule has 4 nitrogen and oxygen atoms in total. The van der Waals surface area contributed by atoms with E-state index in [1.165, 1.54) is 0 Å². The number of hydrogen-bond acceptors (Lipinski definition) is 4. The first kappa shape index (κ1) is 12.5.